The zero-order valence-electron chi connectivity index (χ0n) is 16.9. The maximum absolute atomic E-state index is 12.5. The Bertz CT molecular complexity index is 1140. The normalized spacial score (nSPS) is 28.3. The van der Waals surface area contributed by atoms with Crippen molar-refractivity contribution in [3.8, 4) is 0 Å². The highest BCUT2D eigenvalue weighted by molar-refractivity contribution is 7.91. The lowest BCUT2D eigenvalue weighted by Crippen LogP contribution is -2.55. The van der Waals surface area contributed by atoms with Crippen molar-refractivity contribution >= 4 is 39.8 Å². The molecule has 0 bridgehead atoms. The first kappa shape index (κ1) is 19.7. The number of nitrogens with one attached hydrogen (secondary N) is 1. The topological polar surface area (TPSA) is 91.3 Å². The molecule has 0 aliphatic heterocycles. The van der Waals surface area contributed by atoms with Gasteiger partial charge in [-0.2, -0.15) is 0 Å². The number of halogens is 1. The van der Waals surface area contributed by atoms with Gasteiger partial charge in [-0.05, 0) is 85.4 Å². The van der Waals surface area contributed by atoms with Gasteiger partial charge in [0.05, 0.1) is 0 Å². The number of carbonyl (C=O) groups excluding carboxylic acids is 1. The predicted molar refractivity (Wildman–Crippen MR) is 117 cm³/mol. The molecule has 1 aromatic carbocycles. The number of fused-ring (bicyclic) bond motifs is 1. The zero-order chi connectivity index (χ0) is 21.2. The third-order valence-corrected chi connectivity index (χ3v) is 8.85. The fourth-order valence-electron chi connectivity index (χ4n) is 5.10. The van der Waals surface area contributed by atoms with Crippen LogP contribution < -0.4 is 5.32 Å². The summed E-state index contributed by atoms with van der Waals surface area (Å²) in [5, 5.41) is 4.05. The lowest BCUT2D eigenvalue weighted by molar-refractivity contribution is -0.0256. The maximum atomic E-state index is 12.5. The van der Waals surface area contributed by atoms with E-state index in [0.717, 1.165) is 55.5 Å². The highest BCUT2D eigenvalue weighted by atomic mass is 35.5. The summed E-state index contributed by atoms with van der Waals surface area (Å²) in [4.78, 5) is 17.1. The van der Waals surface area contributed by atoms with E-state index in [9.17, 15) is 9.35 Å². The highest BCUT2D eigenvalue weighted by Crippen LogP contribution is 2.61. The van der Waals surface area contributed by atoms with Crippen LogP contribution in [0, 0.1) is 5.41 Å². The van der Waals surface area contributed by atoms with Gasteiger partial charge in [-0.25, -0.2) is 4.98 Å². The van der Waals surface area contributed by atoms with E-state index in [-0.39, 0.29) is 17.4 Å². The van der Waals surface area contributed by atoms with E-state index < -0.39 is 11.2 Å². The number of benzene rings is 1. The Hall–Kier alpha value is -1.96. The second-order valence-electron chi connectivity index (χ2n) is 9.34. The van der Waals surface area contributed by atoms with Crippen molar-refractivity contribution in [3.05, 3.63) is 52.8 Å². The summed E-state index contributed by atoms with van der Waals surface area (Å²) < 4.78 is 23.6. The Morgan fingerprint density at radius 1 is 1.19 bits per heavy atom. The Balaban J connectivity index is 1.00. The molecule has 3 aliphatic carbocycles. The Morgan fingerprint density at radius 2 is 2.00 bits per heavy atom. The molecule has 1 N–H and O–H groups in total. The van der Waals surface area contributed by atoms with E-state index in [2.05, 4.69) is 10.3 Å². The van der Waals surface area contributed by atoms with Gasteiger partial charge in [-0.15, -0.1) is 0 Å². The first-order valence-corrected chi connectivity index (χ1v) is 12.6. The summed E-state index contributed by atoms with van der Waals surface area (Å²) in [6, 6.07) is 9.13. The average molecular weight is 459 g/mol. The molecular formula is C23H23ClN2O4S. The smallest absolute Gasteiger partial charge is 0.287 e. The molecule has 1 amide bonds. The van der Waals surface area contributed by atoms with Gasteiger partial charge in [0, 0.05) is 17.0 Å². The number of carbonyl (C=O) groups is 1. The first-order valence-electron chi connectivity index (χ1n) is 10.8. The van der Waals surface area contributed by atoms with Crippen molar-refractivity contribution in [2.75, 3.05) is 0 Å². The Labute approximate surface area is 187 Å². The molecule has 1 spiro atoms. The number of nitrogens with zero attached hydrogens (tertiary/aromatic N) is 1. The van der Waals surface area contributed by atoms with Gasteiger partial charge >= 0.3 is 0 Å². The molecular weight excluding hydrogens is 436 g/mol. The Morgan fingerprint density at radius 3 is 2.77 bits per heavy atom. The van der Waals surface area contributed by atoms with Crippen molar-refractivity contribution in [1.82, 2.24) is 10.3 Å². The number of oxazole rings is 1. The molecule has 8 heteroatoms. The highest BCUT2D eigenvalue weighted by Gasteiger charge is 2.54. The molecule has 3 fully saturated rings. The number of amides is 1. The fourth-order valence-corrected chi connectivity index (χ4v) is 6.60. The minimum absolute atomic E-state index is 0.171. The van der Waals surface area contributed by atoms with Crippen LogP contribution in [0.2, 0.25) is 5.02 Å². The number of furan rings is 1. The molecule has 3 aliphatic rings. The van der Waals surface area contributed by atoms with Crippen molar-refractivity contribution in [3.63, 3.8) is 0 Å². The molecule has 1 unspecified atom stereocenters. The van der Waals surface area contributed by atoms with Crippen molar-refractivity contribution in [2.24, 2.45) is 5.41 Å². The van der Waals surface area contributed by atoms with E-state index >= 15 is 0 Å². The van der Waals surface area contributed by atoms with Gasteiger partial charge in [-0.1, -0.05) is 11.6 Å². The minimum atomic E-state index is -0.887. The van der Waals surface area contributed by atoms with Gasteiger partial charge < -0.3 is 18.7 Å². The third-order valence-electron chi connectivity index (χ3n) is 6.83. The summed E-state index contributed by atoms with van der Waals surface area (Å²) in [7, 11) is 0. The van der Waals surface area contributed by atoms with Gasteiger partial charge in [0.15, 0.2) is 28.7 Å². The molecule has 0 saturated heterocycles. The maximum Gasteiger partial charge on any atom is 0.287 e. The SMILES string of the molecule is O=C(NC1CC2(C1)CC(c1nc3cc(Cl)ccc3o1)C2)c1ccc(C[S+]([O-])C2CC2)o1. The van der Waals surface area contributed by atoms with Crippen molar-refractivity contribution in [2.45, 2.75) is 61.5 Å². The standard InChI is InChI=1S/C23H23ClN2O4S/c24-14-1-5-19-18(7-14)26-22(30-19)13-8-23(9-13)10-15(11-23)25-21(27)20-6-2-16(29-20)12-31(28)17-3-4-17/h1-2,5-7,13,15,17H,3-4,8-12H2,(H,25,27). The van der Waals surface area contributed by atoms with Crippen LogP contribution in [0.15, 0.2) is 39.2 Å². The van der Waals surface area contributed by atoms with Crippen molar-refractivity contribution < 1.29 is 18.2 Å². The van der Waals surface area contributed by atoms with E-state index in [1.54, 1.807) is 12.1 Å². The quantitative estimate of drug-likeness (QED) is 0.528. The second kappa shape index (κ2) is 7.29. The van der Waals surface area contributed by atoms with Crippen LogP contribution in [-0.2, 0) is 16.9 Å². The van der Waals surface area contributed by atoms with E-state index in [0.29, 0.717) is 33.5 Å². The van der Waals surface area contributed by atoms with E-state index in [1.165, 1.54) is 0 Å². The molecule has 162 valence electrons. The van der Waals surface area contributed by atoms with E-state index in [1.807, 2.05) is 18.2 Å². The van der Waals surface area contributed by atoms with Crippen LogP contribution in [0.5, 0.6) is 0 Å². The average Bonchev–Trinajstić information content (AvgIpc) is 3.30. The first-order chi connectivity index (χ1) is 15.0. The second-order valence-corrected chi connectivity index (χ2v) is 11.5. The van der Waals surface area contributed by atoms with Gasteiger partial charge in [-0.3, -0.25) is 4.79 Å². The van der Waals surface area contributed by atoms with Gasteiger partial charge in [0.25, 0.3) is 5.91 Å². The number of aromatic nitrogens is 1. The summed E-state index contributed by atoms with van der Waals surface area (Å²) in [5.41, 5.74) is 1.87. The van der Waals surface area contributed by atoms with Gasteiger partial charge in [0.1, 0.15) is 10.8 Å². The van der Waals surface area contributed by atoms with Gasteiger partial charge in [0.2, 0.25) is 0 Å². The summed E-state index contributed by atoms with van der Waals surface area (Å²) >= 11 is 5.15. The molecule has 2 aromatic heterocycles. The number of rotatable bonds is 6. The molecule has 3 aromatic rings. The van der Waals surface area contributed by atoms with Crippen LogP contribution in [0.1, 0.15) is 66.6 Å². The summed E-state index contributed by atoms with van der Waals surface area (Å²) in [6.45, 7) is 0. The van der Waals surface area contributed by atoms with Crippen LogP contribution in [0.4, 0.5) is 0 Å². The molecule has 1 atom stereocenters. The Kier molecular flexibility index (Phi) is 4.63. The third kappa shape index (κ3) is 3.77. The van der Waals surface area contributed by atoms with Crippen LogP contribution >= 0.6 is 11.6 Å². The largest absolute Gasteiger partial charge is 0.616 e. The van der Waals surface area contributed by atoms with Crippen LogP contribution in [0.25, 0.3) is 11.1 Å². The summed E-state index contributed by atoms with van der Waals surface area (Å²) in [6.07, 6.45) is 6.09. The molecule has 3 saturated carbocycles. The lowest BCUT2D eigenvalue weighted by Gasteiger charge is -2.57. The molecule has 31 heavy (non-hydrogen) atoms. The lowest BCUT2D eigenvalue weighted by atomic mass is 9.50. The van der Waals surface area contributed by atoms with Crippen LogP contribution in [0.3, 0.4) is 0 Å². The minimum Gasteiger partial charge on any atom is -0.616 e. The monoisotopic (exact) mass is 458 g/mol. The number of hydrogen-bond donors (Lipinski definition) is 1. The summed E-state index contributed by atoms with van der Waals surface area (Å²) in [5.74, 6) is 2.27. The zero-order valence-corrected chi connectivity index (χ0v) is 18.5. The molecule has 2 heterocycles. The molecule has 6 nitrogen and oxygen atoms in total. The van der Waals surface area contributed by atoms with E-state index in [4.69, 9.17) is 20.4 Å². The van der Waals surface area contributed by atoms with Crippen LogP contribution in [-0.4, -0.2) is 26.7 Å². The van der Waals surface area contributed by atoms with Crippen molar-refractivity contribution in [1.29, 1.82) is 0 Å². The predicted octanol–water partition coefficient (Wildman–Crippen LogP) is 4.94. The molecule has 0 radical (unpaired) electrons. The fraction of sp³-hybridized carbons (Fsp3) is 0.478. The number of hydrogen-bond acceptors (Lipinski definition) is 5. The molecule has 6 rings (SSSR count).